The molecular weight excluding hydrogens is 260 g/mol. The zero-order valence-corrected chi connectivity index (χ0v) is 11.9. The molecule has 1 rings (SSSR count). The Morgan fingerprint density at radius 1 is 1.45 bits per heavy atom. The Balaban J connectivity index is 2.56. The molecule has 1 heterocycles. The summed E-state index contributed by atoms with van der Waals surface area (Å²) in [6, 6.07) is 2.62. The van der Waals surface area contributed by atoms with Crippen LogP contribution in [-0.2, 0) is 0 Å². The SMILES string of the molecule is CC(CCN(C)C)NC(=O)Nc1cccnc1C(=O)O. The molecule has 0 bridgehead atoms. The van der Waals surface area contributed by atoms with E-state index >= 15 is 0 Å². The molecule has 20 heavy (non-hydrogen) atoms. The van der Waals surface area contributed by atoms with Gasteiger partial charge in [-0.2, -0.15) is 0 Å². The maximum atomic E-state index is 11.8. The normalized spacial score (nSPS) is 12.0. The number of nitrogens with one attached hydrogen (secondary N) is 2. The number of pyridine rings is 1. The second-order valence-electron chi connectivity index (χ2n) is 4.80. The van der Waals surface area contributed by atoms with Gasteiger partial charge in [0.2, 0.25) is 0 Å². The van der Waals surface area contributed by atoms with Crippen LogP contribution in [0, 0.1) is 0 Å². The van der Waals surface area contributed by atoms with Gasteiger partial charge in [0, 0.05) is 12.2 Å². The van der Waals surface area contributed by atoms with Crippen molar-refractivity contribution in [1.29, 1.82) is 0 Å². The third-order valence-electron chi connectivity index (χ3n) is 2.65. The Morgan fingerprint density at radius 3 is 2.75 bits per heavy atom. The fourth-order valence-corrected chi connectivity index (χ4v) is 1.58. The van der Waals surface area contributed by atoms with Gasteiger partial charge in [0.05, 0.1) is 5.69 Å². The van der Waals surface area contributed by atoms with Gasteiger partial charge in [-0.3, -0.25) is 0 Å². The van der Waals surface area contributed by atoms with Crippen LogP contribution in [0.15, 0.2) is 18.3 Å². The summed E-state index contributed by atoms with van der Waals surface area (Å²) in [4.78, 5) is 28.5. The first-order valence-electron chi connectivity index (χ1n) is 6.30. The van der Waals surface area contributed by atoms with Gasteiger partial charge in [-0.1, -0.05) is 0 Å². The van der Waals surface area contributed by atoms with Gasteiger partial charge >= 0.3 is 12.0 Å². The van der Waals surface area contributed by atoms with Crippen LogP contribution in [0.4, 0.5) is 10.5 Å². The Labute approximate surface area is 118 Å². The predicted molar refractivity (Wildman–Crippen MR) is 76.0 cm³/mol. The third-order valence-corrected chi connectivity index (χ3v) is 2.65. The van der Waals surface area contributed by atoms with Gasteiger partial charge in [0.25, 0.3) is 0 Å². The quantitative estimate of drug-likeness (QED) is 0.729. The van der Waals surface area contributed by atoms with Crippen molar-refractivity contribution in [3.8, 4) is 0 Å². The molecule has 0 aliphatic heterocycles. The van der Waals surface area contributed by atoms with E-state index in [9.17, 15) is 9.59 Å². The molecule has 1 aromatic rings. The smallest absolute Gasteiger partial charge is 0.356 e. The maximum Gasteiger partial charge on any atom is 0.356 e. The lowest BCUT2D eigenvalue weighted by Crippen LogP contribution is -2.38. The molecule has 0 fully saturated rings. The molecule has 1 unspecified atom stereocenters. The molecule has 1 aromatic heterocycles. The highest BCUT2D eigenvalue weighted by molar-refractivity contribution is 5.98. The number of rotatable bonds is 6. The van der Waals surface area contributed by atoms with Crippen molar-refractivity contribution in [1.82, 2.24) is 15.2 Å². The molecule has 0 aliphatic rings. The van der Waals surface area contributed by atoms with Crippen LogP contribution in [0.3, 0.4) is 0 Å². The number of amides is 2. The summed E-state index contributed by atoms with van der Waals surface area (Å²) in [5.41, 5.74) is 0.000837. The molecule has 0 aliphatic carbocycles. The third kappa shape index (κ3) is 5.23. The van der Waals surface area contributed by atoms with Gasteiger partial charge in [-0.15, -0.1) is 0 Å². The predicted octanol–water partition coefficient (Wildman–Crippen LogP) is 1.24. The van der Waals surface area contributed by atoms with E-state index in [4.69, 9.17) is 5.11 Å². The summed E-state index contributed by atoms with van der Waals surface area (Å²) in [6.45, 7) is 2.75. The van der Waals surface area contributed by atoms with E-state index in [2.05, 4.69) is 15.6 Å². The Hall–Kier alpha value is -2.15. The number of nitrogens with zero attached hydrogens (tertiary/aromatic N) is 2. The molecule has 7 nitrogen and oxygen atoms in total. The van der Waals surface area contributed by atoms with Crippen molar-refractivity contribution < 1.29 is 14.7 Å². The van der Waals surface area contributed by atoms with Gasteiger partial charge in [-0.25, -0.2) is 14.6 Å². The maximum absolute atomic E-state index is 11.8. The number of urea groups is 1. The minimum Gasteiger partial charge on any atom is -0.476 e. The summed E-state index contributed by atoms with van der Waals surface area (Å²) in [5, 5.41) is 14.2. The van der Waals surface area contributed by atoms with Crippen molar-refractivity contribution in [3.63, 3.8) is 0 Å². The van der Waals surface area contributed by atoms with E-state index in [0.29, 0.717) is 0 Å². The number of anilines is 1. The number of hydrogen-bond acceptors (Lipinski definition) is 4. The minimum absolute atomic E-state index is 0.0117. The lowest BCUT2D eigenvalue weighted by atomic mass is 10.2. The first-order chi connectivity index (χ1) is 9.40. The molecule has 2 amide bonds. The Kier molecular flexibility index (Phi) is 5.92. The molecule has 0 aromatic carbocycles. The largest absolute Gasteiger partial charge is 0.476 e. The standard InChI is InChI=1S/C13H20N4O3/c1-9(6-8-17(2)3)15-13(20)16-10-5-4-7-14-11(10)12(18)19/h4-5,7,9H,6,8H2,1-3H3,(H,18,19)(H2,15,16,20). The summed E-state index contributed by atoms with van der Waals surface area (Å²) in [5.74, 6) is -1.18. The van der Waals surface area contributed by atoms with Crippen LogP contribution in [0.5, 0.6) is 0 Å². The number of carboxylic acids is 1. The van der Waals surface area contributed by atoms with E-state index in [1.54, 1.807) is 6.07 Å². The lowest BCUT2D eigenvalue weighted by molar-refractivity contribution is 0.0692. The summed E-state index contributed by atoms with van der Waals surface area (Å²) in [7, 11) is 3.92. The number of carbonyl (C=O) groups excluding carboxylic acids is 1. The molecule has 0 saturated heterocycles. The fourth-order valence-electron chi connectivity index (χ4n) is 1.58. The van der Waals surface area contributed by atoms with Crippen LogP contribution < -0.4 is 10.6 Å². The number of aromatic carboxylic acids is 1. The van der Waals surface area contributed by atoms with Gasteiger partial charge < -0.3 is 20.6 Å². The summed E-state index contributed by atoms with van der Waals surface area (Å²) in [6.07, 6.45) is 2.17. The van der Waals surface area contributed by atoms with Crippen molar-refractivity contribution in [2.45, 2.75) is 19.4 Å². The molecule has 0 saturated carbocycles. The van der Waals surface area contributed by atoms with E-state index in [0.717, 1.165) is 13.0 Å². The number of hydrogen-bond donors (Lipinski definition) is 3. The van der Waals surface area contributed by atoms with Gasteiger partial charge in [-0.05, 0) is 46.1 Å². The minimum atomic E-state index is -1.18. The molecule has 0 spiro atoms. The first-order valence-corrected chi connectivity index (χ1v) is 6.30. The number of carbonyl (C=O) groups is 2. The van der Waals surface area contributed by atoms with Crippen molar-refractivity contribution in [2.75, 3.05) is 26.0 Å². The van der Waals surface area contributed by atoms with E-state index < -0.39 is 12.0 Å². The molecular formula is C13H20N4O3. The summed E-state index contributed by atoms with van der Waals surface area (Å²) < 4.78 is 0. The average molecular weight is 280 g/mol. The van der Waals surface area contributed by atoms with E-state index in [1.165, 1.54) is 12.3 Å². The molecule has 7 heteroatoms. The number of carboxylic acid groups (broad SMARTS) is 1. The summed E-state index contributed by atoms with van der Waals surface area (Å²) >= 11 is 0. The average Bonchev–Trinajstić information content (AvgIpc) is 2.36. The van der Waals surface area contributed by atoms with Crippen molar-refractivity contribution in [2.24, 2.45) is 0 Å². The highest BCUT2D eigenvalue weighted by atomic mass is 16.4. The van der Waals surface area contributed by atoms with Crippen LogP contribution in [0.1, 0.15) is 23.8 Å². The number of aromatic nitrogens is 1. The zero-order valence-electron chi connectivity index (χ0n) is 11.9. The van der Waals surface area contributed by atoms with Crippen LogP contribution in [-0.4, -0.2) is 53.7 Å². The molecule has 1 atom stereocenters. The second kappa shape index (κ2) is 7.44. The highest BCUT2D eigenvalue weighted by Crippen LogP contribution is 2.11. The Morgan fingerprint density at radius 2 is 2.15 bits per heavy atom. The van der Waals surface area contributed by atoms with Crippen LogP contribution >= 0.6 is 0 Å². The molecule has 110 valence electrons. The topological polar surface area (TPSA) is 94.6 Å². The highest BCUT2D eigenvalue weighted by Gasteiger charge is 2.14. The van der Waals surface area contributed by atoms with Crippen molar-refractivity contribution in [3.05, 3.63) is 24.0 Å². The Bertz CT molecular complexity index is 476. The van der Waals surface area contributed by atoms with Gasteiger partial charge in [0.15, 0.2) is 5.69 Å². The zero-order chi connectivity index (χ0) is 15.1. The first kappa shape index (κ1) is 15.9. The molecule has 0 radical (unpaired) electrons. The van der Waals surface area contributed by atoms with Crippen molar-refractivity contribution >= 4 is 17.7 Å². The van der Waals surface area contributed by atoms with E-state index in [-0.39, 0.29) is 17.4 Å². The monoisotopic (exact) mass is 280 g/mol. The lowest BCUT2D eigenvalue weighted by Gasteiger charge is -2.17. The van der Waals surface area contributed by atoms with Gasteiger partial charge in [0.1, 0.15) is 0 Å². The fraction of sp³-hybridized carbons (Fsp3) is 0.462. The second-order valence-corrected chi connectivity index (χ2v) is 4.80. The molecule has 3 N–H and O–H groups in total. The van der Waals surface area contributed by atoms with Crippen LogP contribution in [0.2, 0.25) is 0 Å². The van der Waals surface area contributed by atoms with Crippen LogP contribution in [0.25, 0.3) is 0 Å². The van der Waals surface area contributed by atoms with E-state index in [1.807, 2.05) is 25.9 Å².